The van der Waals surface area contributed by atoms with Crippen LogP contribution in [-0.2, 0) is 9.53 Å². The van der Waals surface area contributed by atoms with E-state index in [9.17, 15) is 9.59 Å². The van der Waals surface area contributed by atoms with Crippen LogP contribution in [-0.4, -0.2) is 19.0 Å². The van der Waals surface area contributed by atoms with Crippen LogP contribution in [0.5, 0.6) is 0 Å². The molecule has 0 aliphatic carbocycles. The van der Waals surface area contributed by atoms with Gasteiger partial charge < -0.3 is 10.1 Å². The Hall–Kier alpha value is -1.84. The first-order valence-electron chi connectivity index (χ1n) is 5.18. The third kappa shape index (κ3) is 3.73. The van der Waals surface area contributed by atoms with Crippen LogP contribution in [0, 0.1) is 0 Å². The summed E-state index contributed by atoms with van der Waals surface area (Å²) in [7, 11) is 0. The van der Waals surface area contributed by atoms with Gasteiger partial charge in [0.1, 0.15) is 0 Å². The van der Waals surface area contributed by atoms with Crippen molar-refractivity contribution in [1.29, 1.82) is 0 Å². The number of ether oxygens (including phenoxy) is 1. The molecule has 1 amide bonds. The van der Waals surface area contributed by atoms with E-state index < -0.39 is 0 Å². The lowest BCUT2D eigenvalue weighted by Gasteiger charge is -2.04. The number of anilines is 1. The van der Waals surface area contributed by atoms with Crippen molar-refractivity contribution in [3.05, 3.63) is 29.8 Å². The number of esters is 1. The summed E-state index contributed by atoms with van der Waals surface area (Å²) in [5.41, 5.74) is 1.08. The van der Waals surface area contributed by atoms with Gasteiger partial charge in [0.15, 0.2) is 0 Å². The van der Waals surface area contributed by atoms with Gasteiger partial charge in [0.25, 0.3) is 0 Å². The highest BCUT2D eigenvalue weighted by Gasteiger charge is 2.05. The molecule has 4 nitrogen and oxygen atoms in total. The van der Waals surface area contributed by atoms with Crippen LogP contribution in [0.15, 0.2) is 24.3 Å². The summed E-state index contributed by atoms with van der Waals surface area (Å²) >= 11 is 0. The summed E-state index contributed by atoms with van der Waals surface area (Å²) in [5.74, 6) is -0.338. The maximum atomic E-state index is 11.5. The third-order valence-electron chi connectivity index (χ3n) is 2.05. The molecule has 1 aromatic rings. The van der Waals surface area contributed by atoms with Crippen LogP contribution in [0.3, 0.4) is 0 Å². The second-order valence-electron chi connectivity index (χ2n) is 3.29. The number of hydrogen-bond donors (Lipinski definition) is 1. The minimum Gasteiger partial charge on any atom is -0.462 e. The molecular formula is C12H14NO3. The number of hydrogen-bond acceptors (Lipinski definition) is 3. The van der Waals surface area contributed by atoms with E-state index in [0.29, 0.717) is 17.9 Å². The molecule has 0 aromatic heterocycles. The number of nitrogens with one attached hydrogen (secondary N) is 1. The largest absolute Gasteiger partial charge is 0.462 e. The molecule has 0 saturated heterocycles. The lowest BCUT2D eigenvalue weighted by atomic mass is 10.2. The predicted octanol–water partition coefficient (Wildman–Crippen LogP) is 2.12. The Labute approximate surface area is 94.6 Å². The number of rotatable bonds is 6. The average molecular weight is 220 g/mol. The monoisotopic (exact) mass is 220 g/mol. The normalized spacial score (nSPS) is 9.56. The summed E-state index contributed by atoms with van der Waals surface area (Å²) in [5, 5.41) is 2.37. The SMILES string of the molecule is CCCCOC(=O)c1ccc(N[C]=O)cc1. The van der Waals surface area contributed by atoms with Gasteiger partial charge in [-0.15, -0.1) is 0 Å². The Bertz CT molecular complexity index is 346. The molecule has 1 aromatic carbocycles. The van der Waals surface area contributed by atoms with Crippen molar-refractivity contribution in [2.45, 2.75) is 19.8 Å². The topological polar surface area (TPSA) is 55.4 Å². The van der Waals surface area contributed by atoms with Crippen molar-refractivity contribution in [3.8, 4) is 0 Å². The molecule has 0 unspecified atom stereocenters. The van der Waals surface area contributed by atoms with Crippen LogP contribution in [0.1, 0.15) is 30.1 Å². The van der Waals surface area contributed by atoms with Gasteiger partial charge in [-0.05, 0) is 30.7 Å². The molecule has 1 rings (SSSR count). The Morgan fingerprint density at radius 1 is 1.38 bits per heavy atom. The molecule has 16 heavy (non-hydrogen) atoms. The summed E-state index contributed by atoms with van der Waals surface area (Å²) in [6, 6.07) is 6.46. The molecule has 0 saturated carbocycles. The van der Waals surface area contributed by atoms with Crippen LogP contribution < -0.4 is 5.32 Å². The molecule has 0 aliphatic heterocycles. The number of amides is 1. The first kappa shape index (κ1) is 12.2. The predicted molar refractivity (Wildman–Crippen MR) is 60.9 cm³/mol. The molecule has 0 spiro atoms. The van der Waals surface area contributed by atoms with Gasteiger partial charge in [-0.25, -0.2) is 4.79 Å². The van der Waals surface area contributed by atoms with E-state index in [4.69, 9.17) is 4.74 Å². The van der Waals surface area contributed by atoms with Crippen LogP contribution >= 0.6 is 0 Å². The van der Waals surface area contributed by atoms with E-state index in [2.05, 4.69) is 5.32 Å². The van der Waals surface area contributed by atoms with E-state index >= 15 is 0 Å². The lowest BCUT2D eigenvalue weighted by molar-refractivity contribution is 0.0500. The van der Waals surface area contributed by atoms with E-state index in [1.807, 2.05) is 6.92 Å². The van der Waals surface area contributed by atoms with Gasteiger partial charge >= 0.3 is 12.4 Å². The van der Waals surface area contributed by atoms with Crippen LogP contribution in [0.2, 0.25) is 0 Å². The molecule has 4 heteroatoms. The van der Waals surface area contributed by atoms with Crippen molar-refractivity contribution < 1.29 is 14.3 Å². The standard InChI is InChI=1S/C12H14NO3/c1-2-3-8-16-12(15)10-4-6-11(7-5-10)13-9-14/h4-7H,2-3,8H2,1H3,(H,13,14). The highest BCUT2D eigenvalue weighted by atomic mass is 16.5. The van der Waals surface area contributed by atoms with Crippen molar-refractivity contribution in [1.82, 2.24) is 0 Å². The number of unbranched alkanes of at least 4 members (excludes halogenated alkanes) is 1. The van der Waals surface area contributed by atoms with Crippen molar-refractivity contribution in [3.63, 3.8) is 0 Å². The Morgan fingerprint density at radius 2 is 2.06 bits per heavy atom. The quantitative estimate of drug-likeness (QED) is 0.454. The highest BCUT2D eigenvalue weighted by Crippen LogP contribution is 2.09. The van der Waals surface area contributed by atoms with Crippen molar-refractivity contribution >= 4 is 18.1 Å². The van der Waals surface area contributed by atoms with Crippen LogP contribution in [0.25, 0.3) is 0 Å². The maximum Gasteiger partial charge on any atom is 0.338 e. The number of carbonyl (C=O) groups excluding carboxylic acids is 2. The van der Waals surface area contributed by atoms with E-state index in [-0.39, 0.29) is 5.97 Å². The fourth-order valence-electron chi connectivity index (χ4n) is 1.14. The van der Waals surface area contributed by atoms with E-state index in [1.165, 1.54) is 0 Å². The molecule has 1 radical (unpaired) electrons. The fraction of sp³-hybridized carbons (Fsp3) is 0.333. The first-order chi connectivity index (χ1) is 7.77. The molecule has 0 bridgehead atoms. The zero-order chi connectivity index (χ0) is 11.8. The lowest BCUT2D eigenvalue weighted by Crippen LogP contribution is -2.06. The Kier molecular flexibility index (Phi) is 5.05. The smallest absolute Gasteiger partial charge is 0.338 e. The van der Waals surface area contributed by atoms with E-state index in [0.717, 1.165) is 12.8 Å². The number of benzene rings is 1. The molecule has 1 N–H and O–H groups in total. The van der Waals surface area contributed by atoms with Gasteiger partial charge in [-0.3, -0.25) is 4.79 Å². The van der Waals surface area contributed by atoms with Gasteiger partial charge in [-0.2, -0.15) is 0 Å². The molecule has 85 valence electrons. The zero-order valence-corrected chi connectivity index (χ0v) is 9.16. The first-order valence-corrected chi connectivity index (χ1v) is 5.18. The van der Waals surface area contributed by atoms with Crippen LogP contribution in [0.4, 0.5) is 5.69 Å². The average Bonchev–Trinajstić information content (AvgIpc) is 2.30. The zero-order valence-electron chi connectivity index (χ0n) is 9.16. The van der Waals surface area contributed by atoms with Crippen molar-refractivity contribution in [2.24, 2.45) is 0 Å². The second-order valence-corrected chi connectivity index (χ2v) is 3.29. The van der Waals surface area contributed by atoms with Gasteiger partial charge in [0, 0.05) is 5.69 Å². The highest BCUT2D eigenvalue weighted by molar-refractivity contribution is 5.90. The molecule has 0 atom stereocenters. The van der Waals surface area contributed by atoms with Crippen molar-refractivity contribution in [2.75, 3.05) is 11.9 Å². The summed E-state index contributed by atoms with van der Waals surface area (Å²) < 4.78 is 5.03. The van der Waals surface area contributed by atoms with Gasteiger partial charge in [0.2, 0.25) is 0 Å². The second kappa shape index (κ2) is 6.61. The number of carbonyl (C=O) groups is 1. The summed E-state index contributed by atoms with van der Waals surface area (Å²) in [6.45, 7) is 2.47. The summed E-state index contributed by atoms with van der Waals surface area (Å²) in [6.07, 6.45) is 3.42. The Balaban J connectivity index is 2.52. The fourth-order valence-corrected chi connectivity index (χ4v) is 1.14. The van der Waals surface area contributed by atoms with E-state index in [1.54, 1.807) is 30.7 Å². The van der Waals surface area contributed by atoms with Gasteiger partial charge in [-0.1, -0.05) is 13.3 Å². The maximum absolute atomic E-state index is 11.5. The van der Waals surface area contributed by atoms with Gasteiger partial charge in [0.05, 0.1) is 12.2 Å². The molecule has 0 fully saturated rings. The minimum atomic E-state index is -0.338. The Morgan fingerprint density at radius 3 is 2.62 bits per heavy atom. The molecule has 0 aliphatic rings. The minimum absolute atomic E-state index is 0.338. The molecule has 0 heterocycles. The third-order valence-corrected chi connectivity index (χ3v) is 2.05. The molecular weight excluding hydrogens is 206 g/mol. The summed E-state index contributed by atoms with van der Waals surface area (Å²) in [4.78, 5) is 21.5.